The van der Waals surface area contributed by atoms with Crippen LogP contribution in [0.4, 0.5) is 0 Å². The SMILES string of the molecule is CNC(=O)[C@@H](C#N)C(=O)c1nc(C)n(-c2ccccc2C(C)C)n1. The zero-order chi connectivity index (χ0) is 17.9. The maximum Gasteiger partial charge on any atom is 0.245 e. The first-order valence-electron chi connectivity index (χ1n) is 7.59. The lowest BCUT2D eigenvalue weighted by Crippen LogP contribution is -2.32. The van der Waals surface area contributed by atoms with E-state index in [0.29, 0.717) is 5.82 Å². The van der Waals surface area contributed by atoms with E-state index < -0.39 is 17.6 Å². The molecule has 0 radical (unpaired) electrons. The molecule has 1 amide bonds. The Hall–Kier alpha value is -3.01. The molecule has 0 unspecified atom stereocenters. The first kappa shape index (κ1) is 17.3. The van der Waals surface area contributed by atoms with Gasteiger partial charge in [0.25, 0.3) is 0 Å². The van der Waals surface area contributed by atoms with Gasteiger partial charge in [-0.1, -0.05) is 32.0 Å². The minimum absolute atomic E-state index is 0.138. The van der Waals surface area contributed by atoms with E-state index in [-0.39, 0.29) is 11.7 Å². The van der Waals surface area contributed by atoms with Crippen molar-refractivity contribution in [3.8, 4) is 11.8 Å². The van der Waals surface area contributed by atoms with Crippen LogP contribution < -0.4 is 5.32 Å². The number of carbonyl (C=O) groups is 2. The standard InChI is InChI=1S/C17H19N5O2/c1-10(2)12-7-5-6-8-14(12)22-11(3)20-16(21-22)15(23)13(9-18)17(24)19-4/h5-8,10,13H,1-4H3,(H,19,24)/t13-/m0/s1. The fourth-order valence-electron chi connectivity index (χ4n) is 2.40. The zero-order valence-corrected chi connectivity index (χ0v) is 14.1. The molecule has 0 aliphatic rings. The highest BCUT2D eigenvalue weighted by Gasteiger charge is 2.30. The van der Waals surface area contributed by atoms with Crippen LogP contribution in [0.15, 0.2) is 24.3 Å². The van der Waals surface area contributed by atoms with Crippen LogP contribution in [0.1, 0.15) is 41.8 Å². The molecule has 0 saturated heterocycles. The van der Waals surface area contributed by atoms with Gasteiger partial charge >= 0.3 is 0 Å². The molecule has 7 nitrogen and oxygen atoms in total. The predicted octanol–water partition coefficient (Wildman–Crippen LogP) is 1.77. The summed E-state index contributed by atoms with van der Waals surface area (Å²) in [5.41, 5.74) is 1.89. The Balaban J connectivity index is 2.47. The summed E-state index contributed by atoms with van der Waals surface area (Å²) in [6.07, 6.45) is 0. The van der Waals surface area contributed by atoms with E-state index in [9.17, 15) is 9.59 Å². The number of benzene rings is 1. The molecule has 24 heavy (non-hydrogen) atoms. The molecular formula is C17H19N5O2. The summed E-state index contributed by atoms with van der Waals surface area (Å²) >= 11 is 0. The topological polar surface area (TPSA) is 101 Å². The Morgan fingerprint density at radius 1 is 1.29 bits per heavy atom. The first-order valence-corrected chi connectivity index (χ1v) is 7.59. The number of nitrogens with zero attached hydrogens (tertiary/aromatic N) is 4. The number of nitrogens with one attached hydrogen (secondary N) is 1. The highest BCUT2D eigenvalue weighted by molar-refractivity contribution is 6.10. The summed E-state index contributed by atoms with van der Waals surface area (Å²) in [4.78, 5) is 28.2. The number of hydrogen-bond acceptors (Lipinski definition) is 5. The summed E-state index contributed by atoms with van der Waals surface area (Å²) < 4.78 is 1.57. The minimum Gasteiger partial charge on any atom is -0.358 e. The van der Waals surface area contributed by atoms with Crippen molar-refractivity contribution in [2.45, 2.75) is 26.7 Å². The van der Waals surface area contributed by atoms with E-state index in [1.807, 2.05) is 24.3 Å². The van der Waals surface area contributed by atoms with Gasteiger partial charge in [0.15, 0.2) is 5.92 Å². The van der Waals surface area contributed by atoms with Gasteiger partial charge in [-0.2, -0.15) is 5.26 Å². The fourth-order valence-corrected chi connectivity index (χ4v) is 2.40. The van der Waals surface area contributed by atoms with Crippen LogP contribution in [0, 0.1) is 24.2 Å². The smallest absolute Gasteiger partial charge is 0.245 e. The molecule has 1 aromatic heterocycles. The second-order valence-corrected chi connectivity index (χ2v) is 5.65. The summed E-state index contributed by atoms with van der Waals surface area (Å²) in [6, 6.07) is 9.40. The molecule has 0 aliphatic carbocycles. The Morgan fingerprint density at radius 3 is 2.54 bits per heavy atom. The van der Waals surface area contributed by atoms with Crippen LogP contribution in [0.25, 0.3) is 5.69 Å². The van der Waals surface area contributed by atoms with Crippen molar-refractivity contribution in [1.29, 1.82) is 5.26 Å². The molecule has 0 bridgehead atoms. The van der Waals surface area contributed by atoms with E-state index in [4.69, 9.17) is 5.26 Å². The third-order valence-corrected chi connectivity index (χ3v) is 3.68. The highest BCUT2D eigenvalue weighted by Crippen LogP contribution is 2.23. The first-order chi connectivity index (χ1) is 11.4. The van der Waals surface area contributed by atoms with Gasteiger partial charge in [0.05, 0.1) is 11.8 Å². The summed E-state index contributed by atoms with van der Waals surface area (Å²) in [7, 11) is 1.37. The molecular weight excluding hydrogens is 306 g/mol. The molecule has 1 atom stereocenters. The van der Waals surface area contributed by atoms with E-state index in [1.54, 1.807) is 17.7 Å². The van der Waals surface area contributed by atoms with Gasteiger partial charge in [-0.3, -0.25) is 9.59 Å². The van der Waals surface area contributed by atoms with E-state index in [1.165, 1.54) is 7.05 Å². The Labute approximate surface area is 140 Å². The van der Waals surface area contributed by atoms with Crippen molar-refractivity contribution in [3.05, 3.63) is 41.5 Å². The number of amides is 1. The molecule has 1 aromatic carbocycles. The highest BCUT2D eigenvalue weighted by atomic mass is 16.2. The molecule has 2 aromatic rings. The van der Waals surface area contributed by atoms with Crippen LogP contribution in [-0.2, 0) is 4.79 Å². The Morgan fingerprint density at radius 2 is 1.96 bits per heavy atom. The molecule has 0 fully saturated rings. The summed E-state index contributed by atoms with van der Waals surface area (Å²) in [5, 5.41) is 15.6. The van der Waals surface area contributed by atoms with Gasteiger partial charge in [0, 0.05) is 7.05 Å². The van der Waals surface area contributed by atoms with E-state index >= 15 is 0 Å². The Bertz CT molecular complexity index is 817. The molecule has 124 valence electrons. The van der Waals surface area contributed by atoms with Gasteiger partial charge in [-0.15, -0.1) is 5.10 Å². The van der Waals surface area contributed by atoms with Crippen LogP contribution >= 0.6 is 0 Å². The normalized spacial score (nSPS) is 11.8. The van der Waals surface area contributed by atoms with E-state index in [0.717, 1.165) is 11.3 Å². The van der Waals surface area contributed by atoms with Crippen molar-refractivity contribution < 1.29 is 9.59 Å². The average molecular weight is 325 g/mol. The number of rotatable bonds is 5. The van der Waals surface area contributed by atoms with Gasteiger partial charge in [0.1, 0.15) is 5.82 Å². The van der Waals surface area contributed by atoms with Crippen LogP contribution in [0.3, 0.4) is 0 Å². The van der Waals surface area contributed by atoms with Gasteiger partial charge in [0.2, 0.25) is 17.5 Å². The number of carbonyl (C=O) groups excluding carboxylic acids is 2. The third kappa shape index (κ3) is 3.18. The number of ketones is 1. The molecule has 1 N–H and O–H groups in total. The second-order valence-electron chi connectivity index (χ2n) is 5.65. The number of nitriles is 1. The summed E-state index contributed by atoms with van der Waals surface area (Å²) in [6.45, 7) is 5.85. The van der Waals surface area contributed by atoms with Crippen molar-refractivity contribution in [2.75, 3.05) is 7.05 Å². The quantitative estimate of drug-likeness (QED) is 0.667. The van der Waals surface area contributed by atoms with Gasteiger partial charge in [-0.05, 0) is 24.5 Å². The van der Waals surface area contributed by atoms with Crippen molar-refractivity contribution in [2.24, 2.45) is 5.92 Å². The second kappa shape index (κ2) is 7.04. The van der Waals surface area contributed by atoms with E-state index in [2.05, 4.69) is 29.2 Å². The summed E-state index contributed by atoms with van der Waals surface area (Å²) in [5.74, 6) is -2.19. The molecule has 0 aliphatic heterocycles. The fraction of sp³-hybridized carbons (Fsp3) is 0.353. The monoisotopic (exact) mass is 325 g/mol. The minimum atomic E-state index is -1.45. The number of aryl methyl sites for hydroxylation is 1. The third-order valence-electron chi connectivity index (χ3n) is 3.68. The van der Waals surface area contributed by atoms with Gasteiger partial charge in [-0.25, -0.2) is 9.67 Å². The maximum atomic E-state index is 12.4. The molecule has 0 spiro atoms. The lowest BCUT2D eigenvalue weighted by atomic mass is 10.0. The lowest BCUT2D eigenvalue weighted by molar-refractivity contribution is -0.121. The largest absolute Gasteiger partial charge is 0.358 e. The van der Waals surface area contributed by atoms with Crippen LogP contribution in [-0.4, -0.2) is 33.5 Å². The van der Waals surface area contributed by atoms with Crippen molar-refractivity contribution in [3.63, 3.8) is 0 Å². The zero-order valence-electron chi connectivity index (χ0n) is 14.1. The lowest BCUT2D eigenvalue weighted by Gasteiger charge is -2.12. The van der Waals surface area contributed by atoms with Crippen molar-refractivity contribution >= 4 is 11.7 Å². The predicted molar refractivity (Wildman–Crippen MR) is 87.7 cm³/mol. The van der Waals surface area contributed by atoms with Crippen LogP contribution in [0.2, 0.25) is 0 Å². The Kier molecular flexibility index (Phi) is 5.09. The number of hydrogen-bond donors (Lipinski definition) is 1. The number of Topliss-reactive ketones (excluding diaryl/α,β-unsaturated/α-hetero) is 1. The van der Waals surface area contributed by atoms with Gasteiger partial charge < -0.3 is 5.32 Å². The molecule has 7 heteroatoms. The average Bonchev–Trinajstić information content (AvgIpc) is 2.96. The van der Waals surface area contributed by atoms with Crippen LogP contribution in [0.5, 0.6) is 0 Å². The maximum absolute atomic E-state index is 12.4. The molecule has 1 heterocycles. The molecule has 0 saturated carbocycles. The number of para-hydroxylation sites is 1. The van der Waals surface area contributed by atoms with Crippen molar-refractivity contribution in [1.82, 2.24) is 20.1 Å². The number of aromatic nitrogens is 3. The molecule has 2 rings (SSSR count).